The van der Waals surface area contributed by atoms with Gasteiger partial charge in [0.2, 0.25) is 0 Å². The molecule has 1 fully saturated rings. The Hall–Kier alpha value is -0.380. The zero-order valence-electron chi connectivity index (χ0n) is 11.4. The topological polar surface area (TPSA) is 6.48 Å². The van der Waals surface area contributed by atoms with Gasteiger partial charge in [-0.05, 0) is 23.6 Å². The van der Waals surface area contributed by atoms with Crippen molar-refractivity contribution < 1.29 is 0 Å². The first-order chi connectivity index (χ1) is 8.63. The molecule has 0 spiro atoms. The lowest BCUT2D eigenvalue weighted by molar-refractivity contribution is 0.117. The van der Waals surface area contributed by atoms with Crippen LogP contribution in [0.15, 0.2) is 28.7 Å². The second-order valence-corrected chi connectivity index (χ2v) is 6.52. The van der Waals surface area contributed by atoms with Crippen molar-refractivity contribution in [2.45, 2.75) is 20.4 Å². The molecule has 0 aliphatic carbocycles. The van der Waals surface area contributed by atoms with Crippen molar-refractivity contribution in [3.63, 3.8) is 0 Å². The molecule has 1 saturated heterocycles. The average Bonchev–Trinajstić information content (AvgIpc) is 2.31. The third kappa shape index (κ3) is 4.38. The molecule has 2 nitrogen and oxygen atoms in total. The number of rotatable bonds is 4. The van der Waals surface area contributed by atoms with E-state index in [1.54, 1.807) is 0 Å². The summed E-state index contributed by atoms with van der Waals surface area (Å²) in [7, 11) is 0. The fourth-order valence-corrected chi connectivity index (χ4v) is 2.99. The lowest BCUT2D eigenvalue weighted by atomic mass is 10.1. The van der Waals surface area contributed by atoms with Crippen LogP contribution in [0.5, 0.6) is 0 Å². The van der Waals surface area contributed by atoms with Gasteiger partial charge < -0.3 is 4.90 Å². The number of piperazine rings is 1. The quantitative estimate of drug-likeness (QED) is 0.842. The van der Waals surface area contributed by atoms with E-state index in [2.05, 4.69) is 63.8 Å². The van der Waals surface area contributed by atoms with E-state index in [4.69, 9.17) is 0 Å². The molecule has 0 unspecified atom stereocenters. The number of halogens is 1. The standard InChI is InChI=1S/C15H23BrN2/c1-13(2)11-17-6-8-18(9-7-17)12-14-4-3-5-15(16)10-14/h3-5,10,13H,6-9,11-12H2,1-2H3. The van der Waals surface area contributed by atoms with Crippen LogP contribution in [0.1, 0.15) is 19.4 Å². The van der Waals surface area contributed by atoms with Gasteiger partial charge in [0.25, 0.3) is 0 Å². The van der Waals surface area contributed by atoms with Crippen molar-refractivity contribution in [2.75, 3.05) is 32.7 Å². The van der Waals surface area contributed by atoms with E-state index in [1.165, 1.54) is 42.8 Å². The summed E-state index contributed by atoms with van der Waals surface area (Å²) in [4.78, 5) is 5.14. The molecule has 1 aliphatic heterocycles. The van der Waals surface area contributed by atoms with Crippen molar-refractivity contribution in [1.82, 2.24) is 9.80 Å². The van der Waals surface area contributed by atoms with Gasteiger partial charge in [-0.15, -0.1) is 0 Å². The van der Waals surface area contributed by atoms with Crippen LogP contribution >= 0.6 is 15.9 Å². The Balaban J connectivity index is 1.80. The molecule has 1 aromatic carbocycles. The lowest BCUT2D eigenvalue weighted by Crippen LogP contribution is -2.46. The molecule has 0 N–H and O–H groups in total. The van der Waals surface area contributed by atoms with Gasteiger partial charge in [-0.2, -0.15) is 0 Å². The van der Waals surface area contributed by atoms with E-state index in [0.29, 0.717) is 0 Å². The zero-order chi connectivity index (χ0) is 13.0. The predicted octanol–water partition coefficient (Wildman–Crippen LogP) is 3.22. The van der Waals surface area contributed by atoms with Crippen LogP contribution in [0.3, 0.4) is 0 Å². The lowest BCUT2D eigenvalue weighted by Gasteiger charge is -2.35. The minimum Gasteiger partial charge on any atom is -0.301 e. The second-order valence-electron chi connectivity index (χ2n) is 5.60. The molecule has 1 heterocycles. The first-order valence-electron chi connectivity index (χ1n) is 6.82. The molecule has 0 bridgehead atoms. The second kappa shape index (κ2) is 6.69. The SMILES string of the molecule is CC(C)CN1CCN(Cc2cccc(Br)c2)CC1. The van der Waals surface area contributed by atoms with Gasteiger partial charge in [0, 0.05) is 43.7 Å². The largest absolute Gasteiger partial charge is 0.301 e. The van der Waals surface area contributed by atoms with Crippen LogP contribution in [0, 0.1) is 5.92 Å². The molecule has 1 aromatic rings. The molecule has 100 valence electrons. The van der Waals surface area contributed by atoms with Gasteiger partial charge in [-0.3, -0.25) is 4.90 Å². The van der Waals surface area contributed by atoms with E-state index in [-0.39, 0.29) is 0 Å². The van der Waals surface area contributed by atoms with Crippen molar-refractivity contribution in [2.24, 2.45) is 5.92 Å². The third-order valence-electron chi connectivity index (χ3n) is 3.38. The van der Waals surface area contributed by atoms with Crippen LogP contribution in [-0.2, 0) is 6.54 Å². The smallest absolute Gasteiger partial charge is 0.0235 e. The Morgan fingerprint density at radius 3 is 2.39 bits per heavy atom. The number of hydrogen-bond acceptors (Lipinski definition) is 2. The summed E-state index contributed by atoms with van der Waals surface area (Å²) in [6.45, 7) is 11.7. The van der Waals surface area contributed by atoms with E-state index < -0.39 is 0 Å². The Morgan fingerprint density at radius 2 is 1.78 bits per heavy atom. The van der Waals surface area contributed by atoms with E-state index in [0.717, 1.165) is 12.5 Å². The highest BCUT2D eigenvalue weighted by molar-refractivity contribution is 9.10. The highest BCUT2D eigenvalue weighted by atomic mass is 79.9. The minimum absolute atomic E-state index is 0.779. The molecular weight excluding hydrogens is 288 g/mol. The van der Waals surface area contributed by atoms with Crippen LogP contribution in [0.25, 0.3) is 0 Å². The molecular formula is C15H23BrN2. The highest BCUT2D eigenvalue weighted by Crippen LogP contribution is 2.14. The summed E-state index contributed by atoms with van der Waals surface area (Å²) < 4.78 is 1.18. The monoisotopic (exact) mass is 310 g/mol. The van der Waals surface area contributed by atoms with Crippen LogP contribution in [0.4, 0.5) is 0 Å². The maximum atomic E-state index is 3.54. The Bertz CT molecular complexity index is 371. The van der Waals surface area contributed by atoms with Gasteiger partial charge in [0.1, 0.15) is 0 Å². The summed E-state index contributed by atoms with van der Waals surface area (Å²) in [6, 6.07) is 8.64. The Kier molecular flexibility index (Phi) is 5.22. The van der Waals surface area contributed by atoms with Crippen LogP contribution in [0.2, 0.25) is 0 Å². The fraction of sp³-hybridized carbons (Fsp3) is 0.600. The third-order valence-corrected chi connectivity index (χ3v) is 3.88. The molecule has 18 heavy (non-hydrogen) atoms. The molecule has 0 amide bonds. The summed E-state index contributed by atoms with van der Waals surface area (Å²) in [6.07, 6.45) is 0. The summed E-state index contributed by atoms with van der Waals surface area (Å²) >= 11 is 3.54. The molecule has 0 aromatic heterocycles. The first kappa shape index (κ1) is 14.0. The van der Waals surface area contributed by atoms with Crippen LogP contribution in [-0.4, -0.2) is 42.5 Å². The van der Waals surface area contributed by atoms with Crippen molar-refractivity contribution in [1.29, 1.82) is 0 Å². The fourth-order valence-electron chi connectivity index (χ4n) is 2.54. The normalized spacial score (nSPS) is 18.4. The molecule has 0 saturated carbocycles. The molecule has 0 atom stereocenters. The minimum atomic E-state index is 0.779. The molecule has 2 rings (SSSR count). The van der Waals surface area contributed by atoms with Gasteiger partial charge in [0.05, 0.1) is 0 Å². The number of hydrogen-bond donors (Lipinski definition) is 0. The number of nitrogens with zero attached hydrogens (tertiary/aromatic N) is 2. The maximum Gasteiger partial charge on any atom is 0.0235 e. The molecule has 3 heteroatoms. The van der Waals surface area contributed by atoms with Gasteiger partial charge >= 0.3 is 0 Å². The highest BCUT2D eigenvalue weighted by Gasteiger charge is 2.17. The van der Waals surface area contributed by atoms with Crippen molar-refractivity contribution in [3.05, 3.63) is 34.3 Å². The first-order valence-corrected chi connectivity index (χ1v) is 7.62. The molecule has 1 aliphatic rings. The van der Waals surface area contributed by atoms with Gasteiger partial charge in [0.15, 0.2) is 0 Å². The van der Waals surface area contributed by atoms with E-state index in [1.807, 2.05) is 0 Å². The summed E-state index contributed by atoms with van der Waals surface area (Å²) in [5.41, 5.74) is 1.40. The van der Waals surface area contributed by atoms with Crippen molar-refractivity contribution in [3.8, 4) is 0 Å². The Labute approximate surface area is 119 Å². The number of benzene rings is 1. The van der Waals surface area contributed by atoms with Crippen molar-refractivity contribution >= 4 is 15.9 Å². The maximum absolute atomic E-state index is 3.54. The Morgan fingerprint density at radius 1 is 1.11 bits per heavy atom. The van der Waals surface area contributed by atoms with E-state index >= 15 is 0 Å². The average molecular weight is 311 g/mol. The van der Waals surface area contributed by atoms with Gasteiger partial charge in [-0.1, -0.05) is 41.9 Å². The zero-order valence-corrected chi connectivity index (χ0v) is 13.0. The predicted molar refractivity (Wildman–Crippen MR) is 80.7 cm³/mol. The van der Waals surface area contributed by atoms with Crippen LogP contribution < -0.4 is 0 Å². The molecule has 0 radical (unpaired) electrons. The van der Waals surface area contributed by atoms with E-state index in [9.17, 15) is 0 Å². The van der Waals surface area contributed by atoms with Gasteiger partial charge in [-0.25, -0.2) is 0 Å². The summed E-state index contributed by atoms with van der Waals surface area (Å²) in [5.74, 6) is 0.779. The summed E-state index contributed by atoms with van der Waals surface area (Å²) in [5, 5.41) is 0.